The minimum Gasteiger partial charge on any atom is -0.321 e. The van der Waals surface area contributed by atoms with Crippen LogP contribution in [0, 0.1) is 0 Å². The first kappa shape index (κ1) is 16.1. The predicted octanol–water partition coefficient (Wildman–Crippen LogP) is 4.49. The van der Waals surface area contributed by atoms with E-state index < -0.39 is 0 Å². The maximum atomic E-state index is 12.3. The Morgan fingerprint density at radius 2 is 1.91 bits per heavy atom. The lowest BCUT2D eigenvalue weighted by Gasteiger charge is -2.13. The van der Waals surface area contributed by atoms with Gasteiger partial charge in [0.2, 0.25) is 0 Å². The van der Waals surface area contributed by atoms with E-state index in [1.54, 1.807) is 11.8 Å². The summed E-state index contributed by atoms with van der Waals surface area (Å²) in [5.74, 6) is 0. The molecule has 0 aliphatic rings. The molecule has 3 nitrogen and oxygen atoms in total. The summed E-state index contributed by atoms with van der Waals surface area (Å²) in [5.41, 5.74) is 2.68. The van der Waals surface area contributed by atoms with E-state index >= 15 is 0 Å². The van der Waals surface area contributed by atoms with Crippen LogP contribution < -0.4 is 5.56 Å². The van der Waals surface area contributed by atoms with E-state index in [1.807, 2.05) is 36.4 Å². The Hall–Kier alpha value is -1.72. The quantitative estimate of drug-likeness (QED) is 0.687. The third-order valence-electron chi connectivity index (χ3n) is 3.71. The van der Waals surface area contributed by atoms with Crippen LogP contribution in [-0.4, -0.2) is 9.97 Å². The number of aryl methyl sites for hydroxylation is 2. The standard InChI is InChI=1S/C18H18N2OS2/c1-3-11-10-14-15(13(4-2)19-11)17(16(22)18(21)20-14)23-12-8-6-5-7-9-12/h5-10,22H,3-4H2,1-2H3,(H,20,21). The summed E-state index contributed by atoms with van der Waals surface area (Å²) in [7, 11) is 0. The Labute approximate surface area is 145 Å². The van der Waals surface area contributed by atoms with E-state index in [9.17, 15) is 4.79 Å². The number of benzene rings is 1. The van der Waals surface area contributed by atoms with Crippen molar-refractivity contribution >= 4 is 35.3 Å². The van der Waals surface area contributed by atoms with Crippen LogP contribution in [0.5, 0.6) is 0 Å². The van der Waals surface area contributed by atoms with Gasteiger partial charge in [0, 0.05) is 20.9 Å². The van der Waals surface area contributed by atoms with Gasteiger partial charge in [-0.05, 0) is 31.0 Å². The molecule has 0 spiro atoms. The van der Waals surface area contributed by atoms with Crippen molar-refractivity contribution in [3.05, 3.63) is 58.1 Å². The molecule has 0 aliphatic heterocycles. The van der Waals surface area contributed by atoms with Crippen LogP contribution in [0.1, 0.15) is 25.2 Å². The molecule has 0 saturated carbocycles. The average Bonchev–Trinajstić information content (AvgIpc) is 2.58. The number of aromatic nitrogens is 2. The number of hydrogen-bond donors (Lipinski definition) is 2. The second-order valence-corrected chi connectivity index (χ2v) is 6.77. The number of pyridine rings is 2. The molecule has 0 amide bonds. The van der Waals surface area contributed by atoms with Crippen LogP contribution >= 0.6 is 24.4 Å². The SMILES string of the molecule is CCc1cc2[nH]c(=O)c(S)c(Sc3ccccc3)c2c(CC)n1. The summed E-state index contributed by atoms with van der Waals surface area (Å²) in [6.45, 7) is 4.15. The second kappa shape index (κ2) is 6.81. The fourth-order valence-electron chi connectivity index (χ4n) is 2.55. The summed E-state index contributed by atoms with van der Waals surface area (Å²) >= 11 is 6.02. The normalized spacial score (nSPS) is 11.1. The molecule has 2 heterocycles. The zero-order valence-corrected chi connectivity index (χ0v) is 14.8. The number of aromatic amines is 1. The Bertz CT molecular complexity index is 904. The topological polar surface area (TPSA) is 45.8 Å². The van der Waals surface area contributed by atoms with Gasteiger partial charge in [-0.25, -0.2) is 0 Å². The number of thiol groups is 1. The van der Waals surface area contributed by atoms with E-state index in [2.05, 4.69) is 31.5 Å². The summed E-state index contributed by atoms with van der Waals surface area (Å²) in [4.78, 5) is 22.4. The molecule has 2 aromatic heterocycles. The highest BCUT2D eigenvalue weighted by atomic mass is 32.2. The van der Waals surface area contributed by atoms with Gasteiger partial charge in [0.1, 0.15) is 0 Å². The molecule has 5 heteroatoms. The van der Waals surface area contributed by atoms with Gasteiger partial charge in [-0.2, -0.15) is 0 Å². The highest BCUT2D eigenvalue weighted by Crippen LogP contribution is 2.37. The lowest BCUT2D eigenvalue weighted by Crippen LogP contribution is -2.11. The molecule has 3 aromatic rings. The van der Waals surface area contributed by atoms with Crippen molar-refractivity contribution in [2.75, 3.05) is 0 Å². The van der Waals surface area contributed by atoms with Crippen molar-refractivity contribution in [3.8, 4) is 0 Å². The van der Waals surface area contributed by atoms with Gasteiger partial charge in [0.05, 0.1) is 16.1 Å². The molecule has 0 unspecified atom stereocenters. The molecule has 0 atom stereocenters. The van der Waals surface area contributed by atoms with E-state index in [4.69, 9.17) is 4.98 Å². The van der Waals surface area contributed by atoms with Crippen molar-refractivity contribution in [1.29, 1.82) is 0 Å². The lowest BCUT2D eigenvalue weighted by atomic mass is 10.1. The van der Waals surface area contributed by atoms with Crippen LogP contribution in [0.4, 0.5) is 0 Å². The molecular weight excluding hydrogens is 324 g/mol. The molecule has 0 aliphatic carbocycles. The van der Waals surface area contributed by atoms with Crippen molar-refractivity contribution in [1.82, 2.24) is 9.97 Å². The largest absolute Gasteiger partial charge is 0.321 e. The van der Waals surface area contributed by atoms with Crippen LogP contribution in [0.3, 0.4) is 0 Å². The van der Waals surface area contributed by atoms with Gasteiger partial charge in [0.15, 0.2) is 0 Å². The smallest absolute Gasteiger partial charge is 0.263 e. The number of nitrogens with zero attached hydrogens (tertiary/aromatic N) is 1. The van der Waals surface area contributed by atoms with Crippen molar-refractivity contribution in [2.45, 2.75) is 41.4 Å². The average molecular weight is 342 g/mol. The number of H-pyrrole nitrogens is 1. The van der Waals surface area contributed by atoms with Crippen LogP contribution in [0.2, 0.25) is 0 Å². The van der Waals surface area contributed by atoms with Crippen molar-refractivity contribution < 1.29 is 0 Å². The molecule has 23 heavy (non-hydrogen) atoms. The molecule has 3 rings (SSSR count). The molecular formula is C18H18N2OS2. The molecule has 1 N–H and O–H groups in total. The van der Waals surface area contributed by atoms with Gasteiger partial charge in [-0.3, -0.25) is 9.78 Å². The number of fused-ring (bicyclic) bond motifs is 1. The predicted molar refractivity (Wildman–Crippen MR) is 98.9 cm³/mol. The fourth-order valence-corrected chi connectivity index (χ4v) is 3.91. The van der Waals surface area contributed by atoms with E-state index in [1.165, 1.54) is 0 Å². The van der Waals surface area contributed by atoms with Crippen molar-refractivity contribution in [2.24, 2.45) is 0 Å². The number of nitrogens with one attached hydrogen (secondary N) is 1. The molecule has 0 saturated heterocycles. The molecule has 0 radical (unpaired) electrons. The number of hydrogen-bond acceptors (Lipinski definition) is 4. The van der Waals surface area contributed by atoms with Crippen LogP contribution in [0.15, 0.2) is 55.9 Å². The van der Waals surface area contributed by atoms with Crippen LogP contribution in [-0.2, 0) is 12.8 Å². The minimum atomic E-state index is -0.158. The summed E-state index contributed by atoms with van der Waals surface area (Å²) in [6, 6.07) is 12.0. The van der Waals surface area contributed by atoms with Crippen LogP contribution in [0.25, 0.3) is 10.9 Å². The maximum absolute atomic E-state index is 12.3. The zero-order chi connectivity index (χ0) is 16.4. The Morgan fingerprint density at radius 3 is 2.57 bits per heavy atom. The Kier molecular flexibility index (Phi) is 4.78. The first-order valence-electron chi connectivity index (χ1n) is 7.64. The van der Waals surface area contributed by atoms with E-state index in [0.29, 0.717) is 4.90 Å². The van der Waals surface area contributed by atoms with Gasteiger partial charge in [0.25, 0.3) is 5.56 Å². The molecule has 0 fully saturated rings. The van der Waals surface area contributed by atoms with Crippen molar-refractivity contribution in [3.63, 3.8) is 0 Å². The first-order valence-corrected chi connectivity index (χ1v) is 8.91. The van der Waals surface area contributed by atoms with Gasteiger partial charge in [-0.1, -0.05) is 43.8 Å². The van der Waals surface area contributed by atoms with Gasteiger partial charge < -0.3 is 4.98 Å². The van der Waals surface area contributed by atoms with E-state index in [-0.39, 0.29) is 5.56 Å². The van der Waals surface area contributed by atoms with Gasteiger partial charge >= 0.3 is 0 Å². The maximum Gasteiger partial charge on any atom is 0.263 e. The lowest BCUT2D eigenvalue weighted by molar-refractivity contribution is 0.956. The monoisotopic (exact) mass is 342 g/mol. The summed E-state index contributed by atoms with van der Waals surface area (Å²) < 4.78 is 0. The minimum absolute atomic E-state index is 0.158. The second-order valence-electron chi connectivity index (χ2n) is 5.24. The first-order chi connectivity index (χ1) is 11.1. The molecule has 0 bridgehead atoms. The summed E-state index contributed by atoms with van der Waals surface area (Å²) in [6.07, 6.45) is 1.65. The number of rotatable bonds is 4. The van der Waals surface area contributed by atoms with E-state index in [0.717, 1.165) is 44.9 Å². The summed E-state index contributed by atoms with van der Waals surface area (Å²) in [5, 5.41) is 1.00. The highest BCUT2D eigenvalue weighted by Gasteiger charge is 2.16. The fraction of sp³-hybridized carbons (Fsp3) is 0.222. The molecule has 118 valence electrons. The van der Waals surface area contributed by atoms with Gasteiger partial charge in [-0.15, -0.1) is 12.6 Å². The Morgan fingerprint density at radius 1 is 1.17 bits per heavy atom. The highest BCUT2D eigenvalue weighted by molar-refractivity contribution is 8.00. The molecule has 1 aromatic carbocycles. The zero-order valence-electron chi connectivity index (χ0n) is 13.1. The third-order valence-corrected chi connectivity index (χ3v) is 5.41. The Balaban J connectivity index is 2.30. The third kappa shape index (κ3) is 3.16.